The third kappa shape index (κ3) is 4.70. The maximum Gasteiger partial charge on any atom is 0.227 e. The van der Waals surface area contributed by atoms with Gasteiger partial charge in [0.05, 0.1) is 5.69 Å². The summed E-state index contributed by atoms with van der Waals surface area (Å²) in [5, 5.41) is 4.55. The molecular weight excluding hydrogens is 633 g/mol. The molecule has 248 valence electrons. The molecule has 0 aliphatic heterocycles. The molecule has 0 spiro atoms. The molecule has 52 heavy (non-hydrogen) atoms. The van der Waals surface area contributed by atoms with Gasteiger partial charge < -0.3 is 9.32 Å². The average molecular weight is 669 g/mol. The Hall–Kier alpha value is -6.45. The second-order valence-electron chi connectivity index (χ2n) is 14.5. The maximum absolute atomic E-state index is 6.78. The predicted octanol–water partition coefficient (Wildman–Crippen LogP) is 13.6. The highest BCUT2D eigenvalue weighted by Gasteiger charge is 2.36. The first-order valence-corrected chi connectivity index (χ1v) is 18.0. The van der Waals surface area contributed by atoms with Crippen molar-refractivity contribution in [3.8, 4) is 33.7 Å². The number of nitrogens with zero attached hydrogens (tertiary/aromatic N) is 2. The van der Waals surface area contributed by atoms with E-state index in [1.54, 1.807) is 0 Å². The van der Waals surface area contributed by atoms with Gasteiger partial charge >= 0.3 is 0 Å². The highest BCUT2D eigenvalue weighted by molar-refractivity contribution is 6.19. The molecule has 0 amide bonds. The number of fused-ring (bicyclic) bond motifs is 8. The molecule has 9 aromatic rings. The molecule has 0 radical (unpaired) electrons. The molecule has 1 aromatic heterocycles. The zero-order chi connectivity index (χ0) is 35.0. The molecule has 0 fully saturated rings. The van der Waals surface area contributed by atoms with Crippen LogP contribution in [0.15, 0.2) is 168 Å². The molecule has 3 nitrogen and oxygen atoms in total. The van der Waals surface area contributed by atoms with E-state index in [0.29, 0.717) is 5.89 Å². The van der Waals surface area contributed by atoms with Crippen molar-refractivity contribution < 1.29 is 4.42 Å². The van der Waals surface area contributed by atoms with Crippen molar-refractivity contribution in [3.63, 3.8) is 0 Å². The van der Waals surface area contributed by atoms with Crippen LogP contribution in [0.5, 0.6) is 0 Å². The van der Waals surface area contributed by atoms with Gasteiger partial charge in [-0.25, -0.2) is 4.98 Å². The van der Waals surface area contributed by atoms with E-state index in [9.17, 15) is 0 Å². The lowest BCUT2D eigenvalue weighted by Crippen LogP contribution is -2.15. The molecule has 1 aliphatic rings. The van der Waals surface area contributed by atoms with Gasteiger partial charge in [0.2, 0.25) is 5.89 Å². The Morgan fingerprint density at radius 1 is 0.519 bits per heavy atom. The number of rotatable bonds is 5. The molecule has 3 heteroatoms. The van der Waals surface area contributed by atoms with E-state index in [-0.39, 0.29) is 5.41 Å². The molecule has 0 saturated heterocycles. The summed E-state index contributed by atoms with van der Waals surface area (Å²) in [5.41, 5.74) is 14.5. The normalized spacial score (nSPS) is 13.1. The van der Waals surface area contributed by atoms with Crippen molar-refractivity contribution in [2.24, 2.45) is 0 Å². The van der Waals surface area contributed by atoms with Crippen molar-refractivity contribution in [2.45, 2.75) is 26.2 Å². The Balaban J connectivity index is 1.27. The lowest BCUT2D eigenvalue weighted by atomic mass is 9.82. The minimum Gasteiger partial charge on any atom is -0.435 e. The second-order valence-corrected chi connectivity index (χ2v) is 14.5. The van der Waals surface area contributed by atoms with E-state index in [1.165, 1.54) is 49.7 Å². The fourth-order valence-electron chi connectivity index (χ4n) is 8.28. The van der Waals surface area contributed by atoms with Crippen LogP contribution >= 0.6 is 0 Å². The van der Waals surface area contributed by atoms with Crippen LogP contribution in [0, 0.1) is 6.92 Å². The molecule has 0 saturated carbocycles. The van der Waals surface area contributed by atoms with Gasteiger partial charge in [-0.1, -0.05) is 135 Å². The Kier molecular flexibility index (Phi) is 6.74. The van der Waals surface area contributed by atoms with Gasteiger partial charge in [-0.05, 0) is 105 Å². The highest BCUT2D eigenvalue weighted by atomic mass is 16.3. The number of oxazole rings is 1. The van der Waals surface area contributed by atoms with Crippen LogP contribution in [-0.2, 0) is 5.41 Å². The summed E-state index contributed by atoms with van der Waals surface area (Å²) in [7, 11) is 0. The number of anilines is 3. The van der Waals surface area contributed by atoms with E-state index < -0.39 is 0 Å². The largest absolute Gasteiger partial charge is 0.435 e. The van der Waals surface area contributed by atoms with Gasteiger partial charge in [0.1, 0.15) is 5.52 Å². The molecule has 1 heterocycles. The first-order chi connectivity index (χ1) is 25.4. The van der Waals surface area contributed by atoms with Gasteiger partial charge in [0.15, 0.2) is 5.58 Å². The summed E-state index contributed by atoms with van der Waals surface area (Å²) < 4.78 is 6.78. The molecule has 0 N–H and O–H groups in total. The zero-order valence-electron chi connectivity index (χ0n) is 29.4. The summed E-state index contributed by atoms with van der Waals surface area (Å²) in [5.74, 6) is 0.608. The third-order valence-electron chi connectivity index (χ3n) is 10.9. The van der Waals surface area contributed by atoms with Crippen LogP contribution in [-0.4, -0.2) is 4.98 Å². The summed E-state index contributed by atoms with van der Waals surface area (Å²) in [4.78, 5) is 7.66. The Morgan fingerprint density at radius 3 is 1.92 bits per heavy atom. The Bertz CT molecular complexity index is 2810. The lowest BCUT2D eigenvalue weighted by molar-refractivity contribution is 0.623. The van der Waals surface area contributed by atoms with Crippen LogP contribution < -0.4 is 4.90 Å². The summed E-state index contributed by atoms with van der Waals surface area (Å²) in [6, 6.07) is 58.8. The molecular formula is C49H36N2O. The smallest absolute Gasteiger partial charge is 0.227 e. The predicted molar refractivity (Wildman–Crippen MR) is 217 cm³/mol. The van der Waals surface area contributed by atoms with Crippen LogP contribution in [0.25, 0.3) is 66.4 Å². The van der Waals surface area contributed by atoms with Crippen molar-refractivity contribution in [1.82, 2.24) is 4.98 Å². The second kappa shape index (κ2) is 11.5. The quantitative estimate of drug-likeness (QED) is 0.171. The SMILES string of the molecule is Cc1ccc2c(c1)-c1cc(N(c3ccc(-c4ccccc4)cc3)c3cc4c5ccccc5ccc4c4oc(-c5ccccc5)nc34)ccc1C2(C)C. The van der Waals surface area contributed by atoms with Gasteiger partial charge in [0, 0.05) is 27.7 Å². The molecule has 1 aliphatic carbocycles. The van der Waals surface area contributed by atoms with Crippen molar-refractivity contribution in [2.75, 3.05) is 4.90 Å². The fraction of sp³-hybridized carbons (Fsp3) is 0.0816. The number of hydrogen-bond acceptors (Lipinski definition) is 3. The minimum atomic E-state index is -0.0924. The number of benzene rings is 8. The van der Waals surface area contributed by atoms with Gasteiger partial charge in [0.25, 0.3) is 0 Å². The Morgan fingerprint density at radius 2 is 1.15 bits per heavy atom. The Labute approximate surface area is 303 Å². The minimum absolute atomic E-state index is 0.0924. The van der Waals surface area contributed by atoms with Gasteiger partial charge in [-0.15, -0.1) is 0 Å². The molecule has 10 rings (SSSR count). The van der Waals surface area contributed by atoms with Crippen LogP contribution in [0.2, 0.25) is 0 Å². The molecule has 8 aromatic carbocycles. The highest BCUT2D eigenvalue weighted by Crippen LogP contribution is 2.52. The summed E-state index contributed by atoms with van der Waals surface area (Å²) in [6.07, 6.45) is 0. The van der Waals surface area contributed by atoms with E-state index in [0.717, 1.165) is 44.5 Å². The summed E-state index contributed by atoms with van der Waals surface area (Å²) in [6.45, 7) is 6.86. The van der Waals surface area contributed by atoms with Gasteiger partial charge in [-0.3, -0.25) is 0 Å². The number of hydrogen-bond donors (Lipinski definition) is 0. The number of aromatic nitrogens is 1. The van der Waals surface area contributed by atoms with Crippen LogP contribution in [0.3, 0.4) is 0 Å². The lowest BCUT2D eigenvalue weighted by Gasteiger charge is -2.28. The third-order valence-corrected chi connectivity index (χ3v) is 10.9. The fourth-order valence-corrected chi connectivity index (χ4v) is 8.28. The van der Waals surface area contributed by atoms with E-state index in [4.69, 9.17) is 9.40 Å². The first kappa shape index (κ1) is 30.4. The van der Waals surface area contributed by atoms with Crippen molar-refractivity contribution in [1.29, 1.82) is 0 Å². The molecule has 0 unspecified atom stereocenters. The monoisotopic (exact) mass is 668 g/mol. The van der Waals surface area contributed by atoms with Crippen molar-refractivity contribution >= 4 is 49.7 Å². The van der Waals surface area contributed by atoms with E-state index in [1.807, 2.05) is 18.2 Å². The van der Waals surface area contributed by atoms with Crippen LogP contribution in [0.1, 0.15) is 30.5 Å². The summed E-state index contributed by atoms with van der Waals surface area (Å²) >= 11 is 0. The zero-order valence-corrected chi connectivity index (χ0v) is 29.4. The van der Waals surface area contributed by atoms with Crippen LogP contribution in [0.4, 0.5) is 17.1 Å². The standard InChI is InChI=1S/C49H36N2O/c1-31-18-26-43-41(28-31)42-29-37(24-27-44(42)49(43,2)3)51(36-22-19-33(20-23-36)32-12-6-4-7-13-32)45-30-40-38-17-11-10-14-34(38)21-25-39(40)47-46(45)50-48(52-47)35-15-8-5-9-16-35/h4-30H,1-3H3. The van der Waals surface area contributed by atoms with E-state index in [2.05, 4.69) is 171 Å². The maximum atomic E-state index is 6.78. The van der Waals surface area contributed by atoms with Crippen molar-refractivity contribution in [3.05, 3.63) is 180 Å². The average Bonchev–Trinajstić information content (AvgIpc) is 3.73. The molecule has 0 bridgehead atoms. The van der Waals surface area contributed by atoms with E-state index >= 15 is 0 Å². The molecule has 0 atom stereocenters. The van der Waals surface area contributed by atoms with Gasteiger partial charge in [-0.2, -0.15) is 0 Å². The number of aryl methyl sites for hydroxylation is 1. The first-order valence-electron chi connectivity index (χ1n) is 18.0. The topological polar surface area (TPSA) is 29.3 Å².